The summed E-state index contributed by atoms with van der Waals surface area (Å²) in [7, 11) is 0. The highest BCUT2D eigenvalue weighted by Crippen LogP contribution is 2.16. The first-order chi connectivity index (χ1) is 8.08. The highest BCUT2D eigenvalue weighted by Gasteiger charge is 2.15. The predicted molar refractivity (Wildman–Crippen MR) is 71.0 cm³/mol. The van der Waals surface area contributed by atoms with Crippen LogP contribution in [0, 0.1) is 5.82 Å². The highest BCUT2D eigenvalue weighted by molar-refractivity contribution is 9.10. The first-order valence-electron chi connectivity index (χ1n) is 5.39. The average molecular weight is 323 g/mol. The molecule has 0 bridgehead atoms. The van der Waals surface area contributed by atoms with Crippen molar-refractivity contribution in [1.82, 2.24) is 4.90 Å². The molecule has 0 fully saturated rings. The van der Waals surface area contributed by atoms with Gasteiger partial charge < -0.3 is 4.90 Å². The lowest BCUT2D eigenvalue weighted by Gasteiger charge is -2.21. The monoisotopic (exact) mass is 321 g/mol. The minimum absolute atomic E-state index is 0.187. The largest absolute Gasteiger partial charge is 0.337 e. The maximum absolute atomic E-state index is 13.2. The fraction of sp³-hybridized carbons (Fsp3) is 0.417. The number of alkyl halides is 1. The van der Waals surface area contributed by atoms with Gasteiger partial charge in [-0.05, 0) is 24.6 Å². The molecule has 94 valence electrons. The number of nitrogens with zero attached hydrogens (tertiary/aromatic N) is 1. The summed E-state index contributed by atoms with van der Waals surface area (Å²) in [6.45, 7) is 3.08. The van der Waals surface area contributed by atoms with Gasteiger partial charge in [0.1, 0.15) is 5.82 Å². The molecule has 0 aliphatic carbocycles. The Kier molecular flexibility index (Phi) is 5.92. The van der Waals surface area contributed by atoms with Crippen molar-refractivity contribution in [1.29, 1.82) is 0 Å². The van der Waals surface area contributed by atoms with Gasteiger partial charge in [0, 0.05) is 29.0 Å². The molecule has 0 N–H and O–H groups in total. The maximum Gasteiger partial charge on any atom is 0.254 e. The molecule has 5 heteroatoms. The molecule has 0 spiro atoms. The number of carbonyl (C=O) groups is 1. The second kappa shape index (κ2) is 6.97. The van der Waals surface area contributed by atoms with Crippen molar-refractivity contribution >= 4 is 33.4 Å². The molecule has 0 heterocycles. The Bertz CT molecular complexity index is 374. The van der Waals surface area contributed by atoms with E-state index < -0.39 is 5.82 Å². The van der Waals surface area contributed by atoms with Crippen LogP contribution >= 0.6 is 27.5 Å². The molecule has 1 aromatic rings. The standard InChI is InChI=1S/C12H14BrClFNO/c1-2-4-16(5-3-14)12(17)9-6-10(13)8-11(15)7-9/h6-8H,2-5H2,1H3. The van der Waals surface area contributed by atoms with Crippen LogP contribution in [0.2, 0.25) is 0 Å². The lowest BCUT2D eigenvalue weighted by Crippen LogP contribution is -2.33. The number of halogens is 3. The van der Waals surface area contributed by atoms with Crippen molar-refractivity contribution in [2.75, 3.05) is 19.0 Å². The molecule has 0 aliphatic heterocycles. The quantitative estimate of drug-likeness (QED) is 0.757. The third-order valence-corrected chi connectivity index (χ3v) is 2.87. The van der Waals surface area contributed by atoms with E-state index in [0.29, 0.717) is 29.0 Å². The maximum atomic E-state index is 13.2. The van der Waals surface area contributed by atoms with Gasteiger partial charge in [-0.2, -0.15) is 0 Å². The van der Waals surface area contributed by atoms with Crippen LogP contribution in [-0.2, 0) is 0 Å². The van der Waals surface area contributed by atoms with E-state index in [1.165, 1.54) is 12.1 Å². The summed E-state index contributed by atoms with van der Waals surface area (Å²) in [6.07, 6.45) is 0.846. The van der Waals surface area contributed by atoms with Gasteiger partial charge in [-0.3, -0.25) is 4.79 Å². The smallest absolute Gasteiger partial charge is 0.254 e. The average Bonchev–Trinajstić information content (AvgIpc) is 2.26. The number of benzene rings is 1. The number of carbonyl (C=O) groups excluding carboxylic acids is 1. The molecule has 0 aromatic heterocycles. The molecule has 1 amide bonds. The van der Waals surface area contributed by atoms with Gasteiger partial charge in [-0.15, -0.1) is 11.6 Å². The fourth-order valence-corrected chi connectivity index (χ4v) is 2.22. The summed E-state index contributed by atoms with van der Waals surface area (Å²) in [6, 6.07) is 4.18. The van der Waals surface area contributed by atoms with Gasteiger partial charge in [-0.25, -0.2) is 4.39 Å². The molecule has 17 heavy (non-hydrogen) atoms. The van der Waals surface area contributed by atoms with E-state index >= 15 is 0 Å². The van der Waals surface area contributed by atoms with Crippen LogP contribution in [-0.4, -0.2) is 29.8 Å². The summed E-state index contributed by atoms with van der Waals surface area (Å²) in [4.78, 5) is 13.7. The van der Waals surface area contributed by atoms with Crippen LogP contribution in [0.5, 0.6) is 0 Å². The van der Waals surface area contributed by atoms with Crippen molar-refractivity contribution in [3.05, 3.63) is 34.1 Å². The molecule has 0 aliphatic rings. The molecule has 0 saturated carbocycles. The fourth-order valence-electron chi connectivity index (χ4n) is 1.55. The Morgan fingerprint density at radius 3 is 2.65 bits per heavy atom. The SMILES string of the molecule is CCCN(CCCl)C(=O)c1cc(F)cc(Br)c1. The van der Waals surface area contributed by atoms with E-state index in [2.05, 4.69) is 15.9 Å². The second-order valence-corrected chi connectivity index (χ2v) is 4.93. The van der Waals surface area contributed by atoms with Gasteiger partial charge >= 0.3 is 0 Å². The molecular weight excluding hydrogens is 308 g/mol. The molecule has 0 unspecified atom stereocenters. The molecule has 1 aromatic carbocycles. The minimum atomic E-state index is -0.426. The Hall–Kier alpha value is -0.610. The zero-order valence-corrected chi connectivity index (χ0v) is 11.9. The molecule has 1 rings (SSSR count). The van der Waals surface area contributed by atoms with Crippen LogP contribution in [0.25, 0.3) is 0 Å². The van der Waals surface area contributed by atoms with E-state index in [0.717, 1.165) is 6.42 Å². The highest BCUT2D eigenvalue weighted by atomic mass is 79.9. The normalized spacial score (nSPS) is 10.4. The summed E-state index contributed by atoms with van der Waals surface area (Å²) in [5.74, 6) is -0.236. The van der Waals surface area contributed by atoms with E-state index in [1.807, 2.05) is 6.92 Å². The lowest BCUT2D eigenvalue weighted by atomic mass is 10.2. The van der Waals surface area contributed by atoms with Crippen molar-refractivity contribution in [3.63, 3.8) is 0 Å². The first-order valence-corrected chi connectivity index (χ1v) is 6.72. The van der Waals surface area contributed by atoms with Crippen LogP contribution < -0.4 is 0 Å². The van der Waals surface area contributed by atoms with Gasteiger partial charge in [0.2, 0.25) is 0 Å². The van der Waals surface area contributed by atoms with Gasteiger partial charge in [0.05, 0.1) is 0 Å². The van der Waals surface area contributed by atoms with Crippen molar-refractivity contribution < 1.29 is 9.18 Å². The third kappa shape index (κ3) is 4.28. The lowest BCUT2D eigenvalue weighted by molar-refractivity contribution is 0.0765. The number of rotatable bonds is 5. The summed E-state index contributed by atoms with van der Waals surface area (Å²) in [5, 5.41) is 0. The zero-order valence-electron chi connectivity index (χ0n) is 9.55. The van der Waals surface area contributed by atoms with Crippen molar-refractivity contribution in [2.45, 2.75) is 13.3 Å². The van der Waals surface area contributed by atoms with E-state index in [-0.39, 0.29) is 5.91 Å². The summed E-state index contributed by atoms with van der Waals surface area (Å²) in [5.41, 5.74) is 0.343. The van der Waals surface area contributed by atoms with Crippen LogP contribution in [0.15, 0.2) is 22.7 Å². The molecule has 0 atom stereocenters. The first kappa shape index (κ1) is 14.5. The van der Waals surface area contributed by atoms with Crippen LogP contribution in [0.4, 0.5) is 4.39 Å². The Labute approximate surface area is 114 Å². The van der Waals surface area contributed by atoms with E-state index in [4.69, 9.17) is 11.6 Å². The molecule has 0 saturated heterocycles. The molecule has 0 radical (unpaired) electrons. The zero-order chi connectivity index (χ0) is 12.8. The Balaban J connectivity index is 2.92. The van der Waals surface area contributed by atoms with Gasteiger partial charge in [0.25, 0.3) is 5.91 Å². The second-order valence-electron chi connectivity index (χ2n) is 3.64. The third-order valence-electron chi connectivity index (χ3n) is 2.24. The number of hydrogen-bond acceptors (Lipinski definition) is 1. The Morgan fingerprint density at radius 1 is 1.41 bits per heavy atom. The summed E-state index contributed by atoms with van der Waals surface area (Å²) < 4.78 is 13.8. The molecular formula is C12H14BrClFNO. The predicted octanol–water partition coefficient (Wildman–Crippen LogP) is 3.68. The van der Waals surface area contributed by atoms with Gasteiger partial charge in [0.15, 0.2) is 0 Å². The van der Waals surface area contributed by atoms with Crippen LogP contribution in [0.3, 0.4) is 0 Å². The number of hydrogen-bond donors (Lipinski definition) is 0. The number of amides is 1. The molecule has 2 nitrogen and oxygen atoms in total. The Morgan fingerprint density at radius 2 is 2.12 bits per heavy atom. The van der Waals surface area contributed by atoms with Crippen LogP contribution in [0.1, 0.15) is 23.7 Å². The topological polar surface area (TPSA) is 20.3 Å². The minimum Gasteiger partial charge on any atom is -0.337 e. The van der Waals surface area contributed by atoms with Crippen molar-refractivity contribution in [3.8, 4) is 0 Å². The van der Waals surface area contributed by atoms with Gasteiger partial charge in [-0.1, -0.05) is 22.9 Å². The van der Waals surface area contributed by atoms with E-state index in [1.54, 1.807) is 11.0 Å². The summed E-state index contributed by atoms with van der Waals surface area (Å²) >= 11 is 8.82. The van der Waals surface area contributed by atoms with Crippen molar-refractivity contribution in [2.24, 2.45) is 0 Å². The van der Waals surface area contributed by atoms with E-state index in [9.17, 15) is 9.18 Å².